The number of aliphatic hydroxyl groups is 1. The zero-order valence-corrected chi connectivity index (χ0v) is 22.3. The Morgan fingerprint density at radius 2 is 1.92 bits per heavy atom. The van der Waals surface area contributed by atoms with E-state index in [1.165, 1.54) is 12.1 Å². The molecule has 0 spiro atoms. The number of aromatic nitrogens is 1. The third-order valence-corrected chi connectivity index (χ3v) is 7.45. The van der Waals surface area contributed by atoms with Crippen LogP contribution in [0.3, 0.4) is 0 Å². The summed E-state index contributed by atoms with van der Waals surface area (Å²) in [6.07, 6.45) is 0.605. The highest BCUT2D eigenvalue weighted by atomic mass is 19.1. The number of hydrogen-bond donors (Lipinski definition) is 2. The Morgan fingerprint density at radius 3 is 2.62 bits per heavy atom. The molecule has 2 aromatic carbocycles. The Kier molecular flexibility index (Phi) is 9.08. The van der Waals surface area contributed by atoms with Crippen molar-refractivity contribution in [2.45, 2.75) is 44.9 Å². The van der Waals surface area contributed by atoms with Gasteiger partial charge in [-0.05, 0) is 44.4 Å². The van der Waals surface area contributed by atoms with Crippen molar-refractivity contribution in [3.63, 3.8) is 0 Å². The summed E-state index contributed by atoms with van der Waals surface area (Å²) in [5, 5.41) is 16.8. The first kappa shape index (κ1) is 28.4. The van der Waals surface area contributed by atoms with Crippen LogP contribution in [0.5, 0.6) is 0 Å². The number of nitrogens with zero attached hydrogens (tertiary/aromatic N) is 3. The average Bonchev–Trinajstić information content (AvgIpc) is 3.42. The number of carbonyl (C=O) groups excluding carboxylic acids is 2. The van der Waals surface area contributed by atoms with Crippen LogP contribution in [0.15, 0.2) is 59.1 Å². The smallest absolute Gasteiger partial charge is 0.273 e. The van der Waals surface area contributed by atoms with E-state index in [2.05, 4.69) is 15.4 Å². The molecule has 8 nitrogen and oxygen atoms in total. The minimum Gasteiger partial charge on any atom is -0.392 e. The SMILES string of the molecule is CC(O)C(C)N1CC[C@H](NC(=O)c2cc(-c3ccc(F)cc3F)on2)[C@@H](C(=O)N(C)CCc2ccccc2)C1. The van der Waals surface area contributed by atoms with Crippen LogP contribution in [0.1, 0.15) is 36.3 Å². The van der Waals surface area contributed by atoms with E-state index in [1.807, 2.05) is 37.3 Å². The van der Waals surface area contributed by atoms with Gasteiger partial charge in [-0.25, -0.2) is 8.78 Å². The summed E-state index contributed by atoms with van der Waals surface area (Å²) in [5.41, 5.74) is 1.03. The molecular weight excluding hydrogens is 506 g/mol. The molecule has 2 unspecified atom stereocenters. The number of amides is 2. The molecule has 1 aromatic heterocycles. The predicted octanol–water partition coefficient (Wildman–Crippen LogP) is 3.51. The summed E-state index contributed by atoms with van der Waals surface area (Å²) in [7, 11) is 1.75. The van der Waals surface area contributed by atoms with Gasteiger partial charge >= 0.3 is 0 Å². The van der Waals surface area contributed by atoms with Crippen LogP contribution >= 0.6 is 0 Å². The summed E-state index contributed by atoms with van der Waals surface area (Å²) in [4.78, 5) is 30.5. The number of halogens is 2. The maximum Gasteiger partial charge on any atom is 0.273 e. The van der Waals surface area contributed by atoms with Crippen LogP contribution < -0.4 is 5.32 Å². The lowest BCUT2D eigenvalue weighted by atomic mass is 9.89. The van der Waals surface area contributed by atoms with Crippen molar-refractivity contribution in [1.82, 2.24) is 20.3 Å². The molecule has 1 fully saturated rings. The summed E-state index contributed by atoms with van der Waals surface area (Å²) in [6, 6.07) is 13.6. The minimum atomic E-state index is -0.832. The number of nitrogens with one attached hydrogen (secondary N) is 1. The molecule has 0 radical (unpaired) electrons. The zero-order chi connectivity index (χ0) is 28.1. The van der Waals surface area contributed by atoms with Gasteiger partial charge in [0.15, 0.2) is 11.5 Å². The third kappa shape index (κ3) is 6.88. The molecular formula is C29H34F2N4O4. The van der Waals surface area contributed by atoms with E-state index < -0.39 is 35.6 Å². The summed E-state index contributed by atoms with van der Waals surface area (Å²) in [6.45, 7) is 5.10. The summed E-state index contributed by atoms with van der Waals surface area (Å²) in [5.74, 6) is -2.78. The van der Waals surface area contributed by atoms with Gasteiger partial charge < -0.3 is 19.8 Å². The van der Waals surface area contributed by atoms with Gasteiger partial charge in [-0.2, -0.15) is 0 Å². The lowest BCUT2D eigenvalue weighted by Crippen LogP contribution is -2.58. The molecule has 0 saturated carbocycles. The maximum atomic E-state index is 14.2. The third-order valence-electron chi connectivity index (χ3n) is 7.45. The number of hydrogen-bond acceptors (Lipinski definition) is 6. The van der Waals surface area contributed by atoms with Crippen LogP contribution in [0.4, 0.5) is 8.78 Å². The molecule has 2 heterocycles. The number of likely N-dealkylation sites (tertiary alicyclic amines) is 1. The fourth-order valence-electron chi connectivity index (χ4n) is 4.85. The van der Waals surface area contributed by atoms with E-state index >= 15 is 0 Å². The molecule has 0 bridgehead atoms. The van der Waals surface area contributed by atoms with Crippen LogP contribution in [0, 0.1) is 17.6 Å². The Labute approximate surface area is 226 Å². The van der Waals surface area contributed by atoms with Crippen molar-refractivity contribution in [1.29, 1.82) is 0 Å². The lowest BCUT2D eigenvalue weighted by Gasteiger charge is -2.42. The fourth-order valence-corrected chi connectivity index (χ4v) is 4.85. The molecule has 2 amide bonds. The normalized spacial score (nSPS) is 19.3. The van der Waals surface area contributed by atoms with Crippen molar-refractivity contribution >= 4 is 11.8 Å². The number of benzene rings is 2. The molecule has 2 N–H and O–H groups in total. The van der Waals surface area contributed by atoms with E-state index in [1.54, 1.807) is 18.9 Å². The minimum absolute atomic E-state index is 0.00787. The molecule has 4 atom stereocenters. The Hall–Kier alpha value is -3.63. The van der Waals surface area contributed by atoms with Crippen molar-refractivity contribution in [3.8, 4) is 11.3 Å². The molecule has 1 aliphatic rings. The largest absolute Gasteiger partial charge is 0.392 e. The second-order valence-corrected chi connectivity index (χ2v) is 10.1. The molecule has 208 valence electrons. The van der Waals surface area contributed by atoms with Gasteiger partial charge in [-0.3, -0.25) is 14.5 Å². The first-order valence-electron chi connectivity index (χ1n) is 13.1. The van der Waals surface area contributed by atoms with Gasteiger partial charge in [0.25, 0.3) is 5.91 Å². The molecule has 39 heavy (non-hydrogen) atoms. The Bertz CT molecular complexity index is 1280. The van der Waals surface area contributed by atoms with Gasteiger partial charge in [0.1, 0.15) is 11.6 Å². The van der Waals surface area contributed by atoms with E-state index in [0.717, 1.165) is 17.7 Å². The van der Waals surface area contributed by atoms with E-state index in [9.17, 15) is 23.5 Å². The van der Waals surface area contributed by atoms with Gasteiger partial charge in [-0.15, -0.1) is 0 Å². The van der Waals surface area contributed by atoms with Crippen molar-refractivity contribution in [2.24, 2.45) is 5.92 Å². The fraction of sp³-hybridized carbons (Fsp3) is 0.414. The van der Waals surface area contributed by atoms with Crippen LogP contribution in [-0.4, -0.2) is 76.7 Å². The quantitative estimate of drug-likeness (QED) is 0.431. The monoisotopic (exact) mass is 540 g/mol. The molecule has 1 aliphatic heterocycles. The first-order valence-corrected chi connectivity index (χ1v) is 13.1. The lowest BCUT2D eigenvalue weighted by molar-refractivity contribution is -0.137. The second-order valence-electron chi connectivity index (χ2n) is 10.1. The number of aliphatic hydroxyl groups excluding tert-OH is 1. The number of piperidine rings is 1. The van der Waals surface area contributed by atoms with Crippen LogP contribution in [-0.2, 0) is 11.2 Å². The van der Waals surface area contributed by atoms with E-state index in [0.29, 0.717) is 32.5 Å². The maximum absolute atomic E-state index is 14.2. The zero-order valence-electron chi connectivity index (χ0n) is 22.3. The van der Waals surface area contributed by atoms with E-state index in [-0.39, 0.29) is 29.0 Å². The Morgan fingerprint density at radius 1 is 1.18 bits per heavy atom. The van der Waals surface area contributed by atoms with Crippen LogP contribution in [0.2, 0.25) is 0 Å². The number of rotatable bonds is 9. The van der Waals surface area contributed by atoms with Gasteiger partial charge in [0.05, 0.1) is 17.6 Å². The summed E-state index contributed by atoms with van der Waals surface area (Å²) < 4.78 is 32.6. The van der Waals surface area contributed by atoms with Crippen molar-refractivity contribution in [2.75, 3.05) is 26.7 Å². The molecule has 10 heteroatoms. The molecule has 0 aliphatic carbocycles. The summed E-state index contributed by atoms with van der Waals surface area (Å²) >= 11 is 0. The highest BCUT2D eigenvalue weighted by Gasteiger charge is 2.39. The van der Waals surface area contributed by atoms with Gasteiger partial charge in [0.2, 0.25) is 5.91 Å². The van der Waals surface area contributed by atoms with Crippen molar-refractivity contribution < 1.29 is 28.0 Å². The van der Waals surface area contributed by atoms with Crippen LogP contribution in [0.25, 0.3) is 11.3 Å². The molecule has 3 aromatic rings. The van der Waals surface area contributed by atoms with Gasteiger partial charge in [-0.1, -0.05) is 35.5 Å². The van der Waals surface area contributed by atoms with Gasteiger partial charge in [0, 0.05) is 50.9 Å². The average molecular weight is 541 g/mol. The van der Waals surface area contributed by atoms with E-state index in [4.69, 9.17) is 4.52 Å². The molecule has 1 saturated heterocycles. The highest BCUT2D eigenvalue weighted by Crippen LogP contribution is 2.26. The number of likely N-dealkylation sites (N-methyl/N-ethyl adjacent to an activating group) is 1. The number of carbonyl (C=O) groups is 2. The molecule has 4 rings (SSSR count). The highest BCUT2D eigenvalue weighted by molar-refractivity contribution is 5.94. The Balaban J connectivity index is 1.48. The predicted molar refractivity (Wildman–Crippen MR) is 142 cm³/mol. The topological polar surface area (TPSA) is 98.9 Å². The first-order chi connectivity index (χ1) is 18.6. The van der Waals surface area contributed by atoms with Crippen molar-refractivity contribution in [3.05, 3.63) is 77.5 Å². The standard InChI is InChI=1S/C29H34F2N4O4/c1-18(19(2)36)35-14-12-25(23(17-35)29(38)34(3)13-11-20-7-5-4-6-8-20)32-28(37)26-16-27(39-33-26)22-10-9-21(30)15-24(22)31/h4-10,15-16,18-19,23,25,36H,11-14,17H2,1-3H3,(H,32,37)/t18?,19?,23-,25-/m0/s1. The second kappa shape index (κ2) is 12.5.